The first-order chi connectivity index (χ1) is 11.3. The molecule has 1 aliphatic rings. The smallest absolute Gasteiger partial charge is 0.163 e. The monoisotopic (exact) mass is 326 g/mol. The number of carbonyl (C=O) groups excluding carboxylic acids is 1. The Bertz CT molecular complexity index is 816. The quantitative estimate of drug-likeness (QED) is 0.774. The molecule has 0 saturated carbocycles. The SMILES string of the molecule is COc1cc2c3c(cc(OC)c2cc1C(C)C)C(C)(C)CCC3=O. The van der Waals surface area contributed by atoms with Crippen LogP contribution in [0.15, 0.2) is 18.2 Å². The molecule has 0 bridgehead atoms. The summed E-state index contributed by atoms with van der Waals surface area (Å²) >= 11 is 0. The summed E-state index contributed by atoms with van der Waals surface area (Å²) in [6.45, 7) is 8.68. The maximum Gasteiger partial charge on any atom is 0.163 e. The van der Waals surface area contributed by atoms with Gasteiger partial charge in [0, 0.05) is 22.8 Å². The largest absolute Gasteiger partial charge is 0.496 e. The van der Waals surface area contributed by atoms with Gasteiger partial charge in [0.25, 0.3) is 0 Å². The third-order valence-corrected chi connectivity index (χ3v) is 5.28. The number of fused-ring (bicyclic) bond motifs is 3. The first-order valence-corrected chi connectivity index (χ1v) is 8.56. The minimum Gasteiger partial charge on any atom is -0.496 e. The highest BCUT2D eigenvalue weighted by atomic mass is 16.5. The van der Waals surface area contributed by atoms with Gasteiger partial charge in [-0.15, -0.1) is 0 Å². The summed E-state index contributed by atoms with van der Waals surface area (Å²) in [6.07, 6.45) is 1.46. The van der Waals surface area contributed by atoms with Crippen molar-refractivity contribution in [2.24, 2.45) is 0 Å². The Morgan fingerprint density at radius 1 is 1.00 bits per heavy atom. The number of methoxy groups -OCH3 is 2. The van der Waals surface area contributed by atoms with Crippen molar-refractivity contribution in [1.82, 2.24) is 0 Å². The fourth-order valence-corrected chi connectivity index (χ4v) is 3.75. The lowest BCUT2D eigenvalue weighted by molar-refractivity contribution is 0.0958. The Balaban J connectivity index is 2.46. The molecule has 0 N–H and O–H groups in total. The average molecular weight is 326 g/mol. The van der Waals surface area contributed by atoms with Crippen LogP contribution in [-0.4, -0.2) is 20.0 Å². The number of Topliss-reactive ketones (excluding diaryl/α,β-unsaturated/α-hetero) is 1. The molecule has 0 atom stereocenters. The van der Waals surface area contributed by atoms with Gasteiger partial charge in [0.2, 0.25) is 0 Å². The summed E-state index contributed by atoms with van der Waals surface area (Å²) in [4.78, 5) is 12.7. The van der Waals surface area contributed by atoms with Gasteiger partial charge < -0.3 is 9.47 Å². The third kappa shape index (κ3) is 2.47. The summed E-state index contributed by atoms with van der Waals surface area (Å²) in [7, 11) is 3.38. The van der Waals surface area contributed by atoms with Gasteiger partial charge in [0.15, 0.2) is 5.78 Å². The van der Waals surface area contributed by atoms with E-state index in [9.17, 15) is 4.79 Å². The molecular weight excluding hydrogens is 300 g/mol. The predicted octanol–water partition coefficient (Wildman–Crippen LogP) is 5.23. The van der Waals surface area contributed by atoms with E-state index in [1.807, 2.05) is 6.07 Å². The molecule has 0 amide bonds. The number of carbonyl (C=O) groups is 1. The molecule has 0 unspecified atom stereocenters. The number of benzene rings is 2. The van der Waals surface area contributed by atoms with E-state index >= 15 is 0 Å². The van der Waals surface area contributed by atoms with Crippen LogP contribution in [0.3, 0.4) is 0 Å². The van der Waals surface area contributed by atoms with Crippen molar-refractivity contribution in [1.29, 1.82) is 0 Å². The van der Waals surface area contributed by atoms with E-state index in [0.29, 0.717) is 12.3 Å². The van der Waals surface area contributed by atoms with Crippen LogP contribution in [0.5, 0.6) is 11.5 Å². The maximum absolute atomic E-state index is 12.7. The molecule has 0 spiro atoms. The zero-order valence-electron chi connectivity index (χ0n) is 15.4. The van der Waals surface area contributed by atoms with E-state index in [4.69, 9.17) is 9.47 Å². The van der Waals surface area contributed by atoms with Crippen molar-refractivity contribution in [3.63, 3.8) is 0 Å². The zero-order valence-corrected chi connectivity index (χ0v) is 15.4. The molecular formula is C21H26O3. The molecule has 2 aromatic carbocycles. The van der Waals surface area contributed by atoms with E-state index in [1.165, 1.54) is 0 Å². The summed E-state index contributed by atoms with van der Waals surface area (Å²) in [5.74, 6) is 2.22. The highest BCUT2D eigenvalue weighted by Crippen LogP contribution is 2.45. The van der Waals surface area contributed by atoms with Crippen LogP contribution in [0.4, 0.5) is 0 Å². The van der Waals surface area contributed by atoms with E-state index in [1.54, 1.807) is 14.2 Å². The highest BCUT2D eigenvalue weighted by Gasteiger charge is 2.34. The van der Waals surface area contributed by atoms with Gasteiger partial charge in [0.05, 0.1) is 14.2 Å². The van der Waals surface area contributed by atoms with E-state index in [0.717, 1.165) is 45.4 Å². The third-order valence-electron chi connectivity index (χ3n) is 5.28. The molecule has 3 heteroatoms. The van der Waals surface area contributed by atoms with E-state index in [2.05, 4.69) is 39.8 Å². The van der Waals surface area contributed by atoms with Crippen molar-refractivity contribution >= 4 is 16.6 Å². The molecule has 128 valence electrons. The van der Waals surface area contributed by atoms with Crippen molar-refractivity contribution in [3.05, 3.63) is 34.9 Å². The molecule has 3 nitrogen and oxygen atoms in total. The Kier molecular flexibility index (Phi) is 4.06. The number of rotatable bonds is 3. The molecule has 0 fully saturated rings. The second kappa shape index (κ2) is 5.80. The fourth-order valence-electron chi connectivity index (χ4n) is 3.75. The molecule has 0 saturated heterocycles. The molecule has 0 aromatic heterocycles. The minimum absolute atomic E-state index is 0.0331. The lowest BCUT2D eigenvalue weighted by Crippen LogP contribution is -2.27. The number of hydrogen-bond donors (Lipinski definition) is 0. The Labute approximate surface area is 144 Å². The molecule has 24 heavy (non-hydrogen) atoms. The van der Waals surface area contributed by atoms with Gasteiger partial charge >= 0.3 is 0 Å². The fraction of sp³-hybridized carbons (Fsp3) is 0.476. The van der Waals surface area contributed by atoms with Crippen molar-refractivity contribution in [2.75, 3.05) is 14.2 Å². The van der Waals surface area contributed by atoms with Gasteiger partial charge in [-0.2, -0.15) is 0 Å². The van der Waals surface area contributed by atoms with Crippen LogP contribution in [0.2, 0.25) is 0 Å². The van der Waals surface area contributed by atoms with E-state index < -0.39 is 0 Å². The van der Waals surface area contributed by atoms with Crippen molar-refractivity contribution < 1.29 is 14.3 Å². The van der Waals surface area contributed by atoms with Gasteiger partial charge in [-0.25, -0.2) is 0 Å². The summed E-state index contributed by atoms with van der Waals surface area (Å²) in [5, 5.41) is 1.94. The van der Waals surface area contributed by atoms with Crippen LogP contribution >= 0.6 is 0 Å². The summed E-state index contributed by atoms with van der Waals surface area (Å²) in [5.41, 5.74) is 3.03. The number of ketones is 1. The van der Waals surface area contributed by atoms with Gasteiger partial charge in [-0.05, 0) is 47.1 Å². The van der Waals surface area contributed by atoms with Crippen LogP contribution in [0, 0.1) is 0 Å². The second-order valence-electron chi connectivity index (χ2n) is 7.60. The number of ether oxygens (including phenoxy) is 2. The Morgan fingerprint density at radius 2 is 1.67 bits per heavy atom. The van der Waals surface area contributed by atoms with Crippen LogP contribution in [-0.2, 0) is 5.41 Å². The highest BCUT2D eigenvalue weighted by molar-refractivity contribution is 6.12. The molecule has 1 aliphatic carbocycles. The minimum atomic E-state index is -0.0331. The normalized spacial score (nSPS) is 16.4. The molecule has 0 aliphatic heterocycles. The van der Waals surface area contributed by atoms with Crippen LogP contribution < -0.4 is 9.47 Å². The maximum atomic E-state index is 12.7. The lowest BCUT2D eigenvalue weighted by atomic mass is 9.71. The van der Waals surface area contributed by atoms with Crippen molar-refractivity contribution in [3.8, 4) is 11.5 Å². The van der Waals surface area contributed by atoms with E-state index in [-0.39, 0.29) is 11.2 Å². The lowest BCUT2D eigenvalue weighted by Gasteiger charge is -2.33. The predicted molar refractivity (Wildman–Crippen MR) is 97.7 cm³/mol. The standard InChI is InChI=1S/C21H26O3/c1-12(2)13-9-14-15(10-18(13)23-5)20-16(11-19(14)24-6)21(3,4)8-7-17(20)22/h9-12H,7-8H2,1-6H3. The first-order valence-electron chi connectivity index (χ1n) is 8.56. The summed E-state index contributed by atoms with van der Waals surface area (Å²) < 4.78 is 11.3. The molecule has 0 radical (unpaired) electrons. The van der Waals surface area contributed by atoms with Gasteiger partial charge in [-0.3, -0.25) is 4.79 Å². The van der Waals surface area contributed by atoms with Crippen molar-refractivity contribution in [2.45, 2.75) is 51.9 Å². The Hall–Kier alpha value is -2.03. The van der Waals surface area contributed by atoms with Crippen LogP contribution in [0.25, 0.3) is 10.8 Å². The Morgan fingerprint density at radius 3 is 2.25 bits per heavy atom. The first kappa shape index (κ1) is 16.8. The average Bonchev–Trinajstić information content (AvgIpc) is 2.55. The topological polar surface area (TPSA) is 35.5 Å². The molecule has 3 rings (SSSR count). The summed E-state index contributed by atoms with van der Waals surface area (Å²) in [6, 6.07) is 6.20. The second-order valence-corrected chi connectivity index (χ2v) is 7.60. The number of hydrogen-bond acceptors (Lipinski definition) is 3. The van der Waals surface area contributed by atoms with Gasteiger partial charge in [0.1, 0.15) is 11.5 Å². The van der Waals surface area contributed by atoms with Crippen LogP contribution in [0.1, 0.15) is 67.9 Å². The molecule has 0 heterocycles. The zero-order chi connectivity index (χ0) is 17.6. The van der Waals surface area contributed by atoms with Gasteiger partial charge in [-0.1, -0.05) is 27.7 Å². The molecule has 2 aromatic rings.